The van der Waals surface area contributed by atoms with Crippen LogP contribution in [-0.4, -0.2) is 30.4 Å². The molecule has 0 spiro atoms. The van der Waals surface area contributed by atoms with Gasteiger partial charge in [0.2, 0.25) is 0 Å². The maximum atomic E-state index is 12.2. The van der Waals surface area contributed by atoms with Crippen LogP contribution in [0.25, 0.3) is 0 Å². The van der Waals surface area contributed by atoms with Crippen molar-refractivity contribution in [3.05, 3.63) is 29.3 Å². The van der Waals surface area contributed by atoms with Crippen LogP contribution in [0.4, 0.5) is 5.69 Å². The Labute approximate surface area is 109 Å². The predicted octanol–water partition coefficient (Wildman–Crippen LogP) is 3.05. The smallest absolute Gasteiger partial charge is 0.253 e. The fraction of sp³-hybridized carbons (Fsp3) is 0.533. The number of aryl methyl sites for hydroxylation is 1. The molecule has 1 N–H and O–H groups in total. The summed E-state index contributed by atoms with van der Waals surface area (Å²) in [5.41, 5.74) is 3.10. The lowest BCUT2D eigenvalue weighted by Gasteiger charge is -2.16. The fourth-order valence-electron chi connectivity index (χ4n) is 2.36. The zero-order valence-electron chi connectivity index (χ0n) is 11.3. The van der Waals surface area contributed by atoms with Crippen molar-refractivity contribution >= 4 is 11.6 Å². The van der Waals surface area contributed by atoms with Gasteiger partial charge in [-0.05, 0) is 49.9 Å². The number of hydrogen-bond acceptors (Lipinski definition) is 2. The standard InChI is InChI=1S/C15H22N2O/c1-3-8-16-14-7-6-13(11-12(14)2)15(18)17-9-4-5-10-17/h6-7,11,16H,3-5,8-10H2,1-2H3. The van der Waals surface area contributed by atoms with Gasteiger partial charge in [0.05, 0.1) is 0 Å². The first-order valence-electron chi connectivity index (χ1n) is 6.86. The Bertz CT molecular complexity index is 423. The first kappa shape index (κ1) is 12.9. The lowest BCUT2D eigenvalue weighted by molar-refractivity contribution is 0.0793. The highest BCUT2D eigenvalue weighted by molar-refractivity contribution is 5.95. The Hall–Kier alpha value is -1.51. The van der Waals surface area contributed by atoms with Crippen molar-refractivity contribution in [1.29, 1.82) is 0 Å². The molecule has 1 aliphatic rings. The van der Waals surface area contributed by atoms with E-state index in [2.05, 4.69) is 19.2 Å². The molecule has 3 nitrogen and oxygen atoms in total. The number of carbonyl (C=O) groups excluding carboxylic acids is 1. The number of nitrogens with zero attached hydrogens (tertiary/aromatic N) is 1. The van der Waals surface area contributed by atoms with Crippen molar-refractivity contribution < 1.29 is 4.79 Å². The van der Waals surface area contributed by atoms with E-state index in [4.69, 9.17) is 0 Å². The van der Waals surface area contributed by atoms with Crippen LogP contribution in [0, 0.1) is 6.92 Å². The first-order valence-corrected chi connectivity index (χ1v) is 6.86. The van der Waals surface area contributed by atoms with E-state index in [1.54, 1.807) is 0 Å². The quantitative estimate of drug-likeness (QED) is 0.885. The van der Waals surface area contributed by atoms with Crippen LogP contribution in [0.15, 0.2) is 18.2 Å². The topological polar surface area (TPSA) is 32.3 Å². The maximum Gasteiger partial charge on any atom is 0.253 e. The minimum atomic E-state index is 0.178. The van der Waals surface area contributed by atoms with Gasteiger partial charge < -0.3 is 10.2 Å². The molecule has 0 aliphatic carbocycles. The third-order valence-electron chi connectivity index (χ3n) is 3.43. The number of rotatable bonds is 4. The molecule has 1 fully saturated rings. The van der Waals surface area contributed by atoms with Crippen molar-refractivity contribution in [3.8, 4) is 0 Å². The number of anilines is 1. The summed E-state index contributed by atoms with van der Waals surface area (Å²) in [7, 11) is 0. The van der Waals surface area contributed by atoms with E-state index < -0.39 is 0 Å². The van der Waals surface area contributed by atoms with Crippen LogP contribution in [0.3, 0.4) is 0 Å². The summed E-state index contributed by atoms with van der Waals surface area (Å²) in [6.07, 6.45) is 3.38. The summed E-state index contributed by atoms with van der Waals surface area (Å²) in [4.78, 5) is 14.2. The number of hydrogen-bond donors (Lipinski definition) is 1. The Morgan fingerprint density at radius 1 is 1.33 bits per heavy atom. The van der Waals surface area contributed by atoms with E-state index in [0.29, 0.717) is 0 Å². The fourth-order valence-corrected chi connectivity index (χ4v) is 2.36. The highest BCUT2D eigenvalue weighted by Gasteiger charge is 2.19. The minimum Gasteiger partial charge on any atom is -0.385 e. The van der Waals surface area contributed by atoms with Gasteiger partial charge in [-0.25, -0.2) is 0 Å². The zero-order chi connectivity index (χ0) is 13.0. The lowest BCUT2D eigenvalue weighted by atomic mass is 10.1. The minimum absolute atomic E-state index is 0.178. The molecule has 18 heavy (non-hydrogen) atoms. The van der Waals surface area contributed by atoms with Crippen LogP contribution in [0.2, 0.25) is 0 Å². The molecule has 0 aromatic heterocycles. The molecule has 1 aromatic rings. The van der Waals surface area contributed by atoms with E-state index >= 15 is 0 Å². The van der Waals surface area contributed by atoms with E-state index in [9.17, 15) is 4.79 Å². The molecule has 0 unspecified atom stereocenters. The molecule has 0 saturated carbocycles. The molecular formula is C15H22N2O. The van der Waals surface area contributed by atoms with E-state index in [1.807, 2.05) is 23.1 Å². The molecule has 1 heterocycles. The van der Waals surface area contributed by atoms with Gasteiger partial charge >= 0.3 is 0 Å². The summed E-state index contributed by atoms with van der Waals surface area (Å²) >= 11 is 0. The van der Waals surface area contributed by atoms with Crippen LogP contribution in [-0.2, 0) is 0 Å². The van der Waals surface area contributed by atoms with Gasteiger partial charge in [0.1, 0.15) is 0 Å². The summed E-state index contributed by atoms with van der Waals surface area (Å²) in [5, 5.41) is 3.37. The van der Waals surface area contributed by atoms with E-state index in [-0.39, 0.29) is 5.91 Å². The number of nitrogens with one attached hydrogen (secondary N) is 1. The summed E-state index contributed by atoms with van der Waals surface area (Å²) in [6.45, 7) is 6.99. The second-order valence-electron chi connectivity index (χ2n) is 4.96. The molecule has 1 saturated heterocycles. The van der Waals surface area contributed by atoms with Gasteiger partial charge in [0, 0.05) is 30.9 Å². The van der Waals surface area contributed by atoms with Gasteiger partial charge in [-0.3, -0.25) is 4.79 Å². The van der Waals surface area contributed by atoms with Crippen LogP contribution in [0.5, 0.6) is 0 Å². The van der Waals surface area contributed by atoms with E-state index in [0.717, 1.165) is 55.7 Å². The average molecular weight is 246 g/mol. The maximum absolute atomic E-state index is 12.2. The van der Waals surface area contributed by atoms with Crippen molar-refractivity contribution in [3.63, 3.8) is 0 Å². The normalized spacial score (nSPS) is 14.9. The van der Waals surface area contributed by atoms with Crippen molar-refractivity contribution in [1.82, 2.24) is 4.90 Å². The highest BCUT2D eigenvalue weighted by Crippen LogP contribution is 2.19. The van der Waals surface area contributed by atoms with E-state index in [1.165, 1.54) is 0 Å². The molecule has 0 atom stereocenters. The second-order valence-corrected chi connectivity index (χ2v) is 4.96. The molecule has 1 amide bonds. The Kier molecular flexibility index (Phi) is 4.24. The third-order valence-corrected chi connectivity index (χ3v) is 3.43. The molecule has 0 bridgehead atoms. The Morgan fingerprint density at radius 2 is 2.06 bits per heavy atom. The summed E-state index contributed by atoms with van der Waals surface area (Å²) in [5.74, 6) is 0.178. The lowest BCUT2D eigenvalue weighted by Crippen LogP contribution is -2.27. The number of carbonyl (C=O) groups is 1. The number of amides is 1. The van der Waals surface area contributed by atoms with Crippen molar-refractivity contribution in [2.45, 2.75) is 33.1 Å². The largest absolute Gasteiger partial charge is 0.385 e. The van der Waals surface area contributed by atoms with Crippen molar-refractivity contribution in [2.75, 3.05) is 25.0 Å². The molecule has 1 aromatic carbocycles. The molecule has 2 rings (SSSR count). The van der Waals surface area contributed by atoms with Crippen molar-refractivity contribution in [2.24, 2.45) is 0 Å². The van der Waals surface area contributed by atoms with Gasteiger partial charge in [-0.1, -0.05) is 6.92 Å². The van der Waals surface area contributed by atoms with Gasteiger partial charge in [-0.2, -0.15) is 0 Å². The van der Waals surface area contributed by atoms with Gasteiger partial charge in [-0.15, -0.1) is 0 Å². The monoisotopic (exact) mass is 246 g/mol. The molecule has 3 heteroatoms. The first-order chi connectivity index (χ1) is 8.72. The summed E-state index contributed by atoms with van der Waals surface area (Å²) in [6, 6.07) is 5.96. The highest BCUT2D eigenvalue weighted by atomic mass is 16.2. The second kappa shape index (κ2) is 5.89. The van der Waals surface area contributed by atoms with Gasteiger partial charge in [0.25, 0.3) is 5.91 Å². The third kappa shape index (κ3) is 2.84. The zero-order valence-corrected chi connectivity index (χ0v) is 11.3. The molecular weight excluding hydrogens is 224 g/mol. The Balaban J connectivity index is 2.10. The van der Waals surface area contributed by atoms with Gasteiger partial charge in [0.15, 0.2) is 0 Å². The Morgan fingerprint density at radius 3 is 2.67 bits per heavy atom. The van der Waals surface area contributed by atoms with Crippen LogP contribution < -0.4 is 5.32 Å². The van der Waals surface area contributed by atoms with Crippen LogP contribution >= 0.6 is 0 Å². The molecule has 0 radical (unpaired) electrons. The SMILES string of the molecule is CCCNc1ccc(C(=O)N2CCCC2)cc1C. The summed E-state index contributed by atoms with van der Waals surface area (Å²) < 4.78 is 0. The average Bonchev–Trinajstić information content (AvgIpc) is 2.90. The number of benzene rings is 1. The predicted molar refractivity (Wildman–Crippen MR) is 75.1 cm³/mol. The van der Waals surface area contributed by atoms with Crippen LogP contribution in [0.1, 0.15) is 42.1 Å². The molecule has 1 aliphatic heterocycles. The molecule has 98 valence electrons. The number of likely N-dealkylation sites (tertiary alicyclic amines) is 1.